The monoisotopic (exact) mass is 509 g/mol. The third kappa shape index (κ3) is 6.11. The zero-order valence-corrected chi connectivity index (χ0v) is 21.9. The normalized spacial score (nSPS) is 11.3. The highest BCUT2D eigenvalue weighted by Crippen LogP contribution is 2.36. The van der Waals surface area contributed by atoms with E-state index in [4.69, 9.17) is 14.5 Å². The molecule has 0 radical (unpaired) electrons. The van der Waals surface area contributed by atoms with Crippen LogP contribution in [-0.2, 0) is 4.79 Å². The van der Waals surface area contributed by atoms with E-state index in [1.807, 2.05) is 92.7 Å². The Kier molecular flexibility index (Phi) is 8.11. The summed E-state index contributed by atoms with van der Waals surface area (Å²) in [5.41, 5.74) is 5.42. The summed E-state index contributed by atoms with van der Waals surface area (Å²) in [6.07, 6.45) is 0. The van der Waals surface area contributed by atoms with E-state index in [-0.39, 0.29) is 5.91 Å². The SMILES string of the molecule is COc1ccc(-c2cc(-c3ccc(OC)cc3)c(C#N)c(SC(C)C(=O)Nc3ccc(C)cc3)n2)cc1. The molecule has 186 valence electrons. The van der Waals surface area contributed by atoms with Crippen LogP contribution in [0.3, 0.4) is 0 Å². The van der Waals surface area contributed by atoms with Gasteiger partial charge in [-0.05, 0) is 74.0 Å². The average molecular weight is 510 g/mol. The Morgan fingerprint density at radius 2 is 1.49 bits per heavy atom. The lowest BCUT2D eigenvalue weighted by molar-refractivity contribution is -0.115. The highest BCUT2D eigenvalue weighted by atomic mass is 32.2. The van der Waals surface area contributed by atoms with Gasteiger partial charge in [0.05, 0.1) is 30.7 Å². The van der Waals surface area contributed by atoms with E-state index >= 15 is 0 Å². The lowest BCUT2D eigenvalue weighted by atomic mass is 9.99. The van der Waals surface area contributed by atoms with Crippen LogP contribution in [0.4, 0.5) is 5.69 Å². The van der Waals surface area contributed by atoms with E-state index in [1.54, 1.807) is 14.2 Å². The number of amides is 1. The molecule has 1 heterocycles. The van der Waals surface area contributed by atoms with Gasteiger partial charge < -0.3 is 14.8 Å². The molecule has 4 aromatic rings. The van der Waals surface area contributed by atoms with Crippen molar-refractivity contribution in [3.63, 3.8) is 0 Å². The predicted octanol–water partition coefficient (Wildman–Crippen LogP) is 6.73. The number of hydrogen-bond acceptors (Lipinski definition) is 6. The van der Waals surface area contributed by atoms with Crippen molar-refractivity contribution in [1.29, 1.82) is 5.26 Å². The number of aromatic nitrogens is 1. The number of nitrogens with zero attached hydrogens (tertiary/aromatic N) is 2. The van der Waals surface area contributed by atoms with Crippen molar-refractivity contribution >= 4 is 23.4 Å². The summed E-state index contributed by atoms with van der Waals surface area (Å²) in [7, 11) is 3.23. The minimum atomic E-state index is -0.490. The second-order valence-corrected chi connectivity index (χ2v) is 9.75. The van der Waals surface area contributed by atoms with Crippen molar-refractivity contribution in [3.05, 3.63) is 90.0 Å². The highest BCUT2D eigenvalue weighted by Gasteiger charge is 2.21. The van der Waals surface area contributed by atoms with Gasteiger partial charge in [-0.25, -0.2) is 4.98 Å². The molecule has 0 aliphatic carbocycles. The summed E-state index contributed by atoms with van der Waals surface area (Å²) in [5.74, 6) is 1.30. The number of aryl methyl sites for hydroxylation is 1. The maximum Gasteiger partial charge on any atom is 0.237 e. The molecule has 6 nitrogen and oxygen atoms in total. The molecule has 0 bridgehead atoms. The molecule has 1 atom stereocenters. The van der Waals surface area contributed by atoms with Gasteiger partial charge in [0, 0.05) is 16.8 Å². The highest BCUT2D eigenvalue weighted by molar-refractivity contribution is 8.00. The molecule has 0 aliphatic heterocycles. The number of carbonyl (C=O) groups is 1. The van der Waals surface area contributed by atoms with Crippen LogP contribution in [0.25, 0.3) is 22.4 Å². The number of carbonyl (C=O) groups excluding carboxylic acids is 1. The standard InChI is InChI=1S/C30H27N3O3S/c1-19-5-11-23(12-6-19)32-29(34)20(2)37-30-27(18-31)26(21-7-13-24(35-3)14-8-21)17-28(33-30)22-9-15-25(36-4)16-10-22/h5-17,20H,1-4H3,(H,32,34). The van der Waals surface area contributed by atoms with Crippen molar-refractivity contribution < 1.29 is 14.3 Å². The number of pyridine rings is 1. The first kappa shape index (κ1) is 25.8. The molecule has 0 spiro atoms. The molecule has 3 aromatic carbocycles. The van der Waals surface area contributed by atoms with E-state index in [0.717, 1.165) is 39.4 Å². The first-order valence-electron chi connectivity index (χ1n) is 11.7. The minimum absolute atomic E-state index is 0.166. The molecule has 1 amide bonds. The van der Waals surface area contributed by atoms with E-state index in [9.17, 15) is 10.1 Å². The zero-order valence-electron chi connectivity index (χ0n) is 21.1. The first-order valence-corrected chi connectivity index (χ1v) is 12.6. The van der Waals surface area contributed by atoms with Crippen LogP contribution < -0.4 is 14.8 Å². The number of thioether (sulfide) groups is 1. The second-order valence-electron chi connectivity index (χ2n) is 8.42. The zero-order chi connectivity index (χ0) is 26.4. The van der Waals surface area contributed by atoms with Gasteiger partial charge in [0.15, 0.2) is 0 Å². The third-order valence-electron chi connectivity index (χ3n) is 5.86. The lowest BCUT2D eigenvalue weighted by Gasteiger charge is -2.16. The Balaban J connectivity index is 1.73. The Bertz CT molecular complexity index is 1430. The van der Waals surface area contributed by atoms with E-state index in [1.165, 1.54) is 11.8 Å². The topological polar surface area (TPSA) is 84.2 Å². The van der Waals surface area contributed by atoms with Crippen LogP contribution in [0.15, 0.2) is 83.9 Å². The molecule has 4 rings (SSSR count). The quantitative estimate of drug-likeness (QED) is 0.265. The van der Waals surface area contributed by atoms with Crippen molar-refractivity contribution in [3.8, 4) is 40.0 Å². The number of methoxy groups -OCH3 is 2. The van der Waals surface area contributed by atoms with E-state index in [2.05, 4.69) is 11.4 Å². The summed E-state index contributed by atoms with van der Waals surface area (Å²) in [5, 5.41) is 13.1. The van der Waals surface area contributed by atoms with Gasteiger partial charge in [0.2, 0.25) is 5.91 Å². The van der Waals surface area contributed by atoms with E-state index in [0.29, 0.717) is 16.3 Å². The Morgan fingerprint density at radius 1 is 0.919 bits per heavy atom. The van der Waals surface area contributed by atoms with Gasteiger partial charge in [-0.1, -0.05) is 41.6 Å². The summed E-state index contributed by atoms with van der Waals surface area (Å²) >= 11 is 1.26. The lowest BCUT2D eigenvalue weighted by Crippen LogP contribution is -2.22. The molecule has 0 fully saturated rings. The molecule has 1 N–H and O–H groups in total. The second kappa shape index (κ2) is 11.6. The number of nitriles is 1. The van der Waals surface area contributed by atoms with Crippen LogP contribution in [0, 0.1) is 18.3 Å². The van der Waals surface area contributed by atoms with Crippen molar-refractivity contribution in [1.82, 2.24) is 4.98 Å². The van der Waals surface area contributed by atoms with Gasteiger partial charge in [0.1, 0.15) is 22.6 Å². The first-order chi connectivity index (χ1) is 17.9. The fraction of sp³-hybridized carbons (Fsp3) is 0.167. The fourth-order valence-corrected chi connectivity index (χ4v) is 4.65. The van der Waals surface area contributed by atoms with Crippen LogP contribution in [0.5, 0.6) is 11.5 Å². The molecule has 1 aromatic heterocycles. The van der Waals surface area contributed by atoms with Crippen LogP contribution >= 0.6 is 11.8 Å². The molecule has 7 heteroatoms. The summed E-state index contributed by atoms with van der Waals surface area (Å²) in [6, 6.07) is 27.0. The Hall–Kier alpha value is -4.28. The van der Waals surface area contributed by atoms with Crippen molar-refractivity contribution in [2.24, 2.45) is 0 Å². The molecule has 0 aliphatic rings. The predicted molar refractivity (Wildman–Crippen MR) is 148 cm³/mol. The third-order valence-corrected chi connectivity index (χ3v) is 6.95. The maximum atomic E-state index is 13.0. The van der Waals surface area contributed by atoms with Crippen LogP contribution in [0.2, 0.25) is 0 Å². The number of rotatable bonds is 8. The fourth-order valence-electron chi connectivity index (χ4n) is 3.72. The summed E-state index contributed by atoms with van der Waals surface area (Å²) in [4.78, 5) is 17.8. The average Bonchev–Trinajstić information content (AvgIpc) is 2.94. The van der Waals surface area contributed by atoms with Crippen LogP contribution in [0.1, 0.15) is 18.1 Å². The molecular formula is C30H27N3O3S. The number of nitrogens with one attached hydrogen (secondary N) is 1. The van der Waals surface area contributed by atoms with Gasteiger partial charge in [-0.3, -0.25) is 4.79 Å². The van der Waals surface area contributed by atoms with Crippen molar-refractivity contribution in [2.75, 3.05) is 19.5 Å². The molecule has 0 saturated carbocycles. The van der Waals surface area contributed by atoms with Gasteiger partial charge in [-0.2, -0.15) is 5.26 Å². The summed E-state index contributed by atoms with van der Waals surface area (Å²) in [6.45, 7) is 3.81. The molecular weight excluding hydrogens is 482 g/mol. The van der Waals surface area contributed by atoms with Gasteiger partial charge in [-0.15, -0.1) is 0 Å². The maximum absolute atomic E-state index is 13.0. The Labute approximate surface area is 221 Å². The van der Waals surface area contributed by atoms with Crippen LogP contribution in [-0.4, -0.2) is 30.4 Å². The number of ether oxygens (including phenoxy) is 2. The Morgan fingerprint density at radius 3 is 2.03 bits per heavy atom. The number of hydrogen-bond donors (Lipinski definition) is 1. The van der Waals surface area contributed by atoms with E-state index < -0.39 is 5.25 Å². The number of benzene rings is 3. The summed E-state index contributed by atoms with van der Waals surface area (Å²) < 4.78 is 10.6. The largest absolute Gasteiger partial charge is 0.497 e. The molecule has 0 saturated heterocycles. The van der Waals surface area contributed by atoms with Gasteiger partial charge >= 0.3 is 0 Å². The van der Waals surface area contributed by atoms with Crippen molar-refractivity contribution in [2.45, 2.75) is 24.1 Å². The molecule has 1 unspecified atom stereocenters. The minimum Gasteiger partial charge on any atom is -0.497 e. The smallest absolute Gasteiger partial charge is 0.237 e. The molecule has 37 heavy (non-hydrogen) atoms. The number of anilines is 1. The van der Waals surface area contributed by atoms with Gasteiger partial charge in [0.25, 0.3) is 0 Å².